The molecule has 3 aromatic carbocycles. The van der Waals surface area contributed by atoms with E-state index in [0.29, 0.717) is 66.5 Å². The number of benzene rings is 3. The van der Waals surface area contributed by atoms with Gasteiger partial charge in [-0.3, -0.25) is 4.79 Å². The predicted molar refractivity (Wildman–Crippen MR) is 167 cm³/mol. The average Bonchev–Trinajstić information content (AvgIpc) is 3.33. The Labute approximate surface area is 253 Å². The van der Waals surface area contributed by atoms with Crippen LogP contribution in [0.15, 0.2) is 77.9 Å². The summed E-state index contributed by atoms with van der Waals surface area (Å²) in [7, 11) is 0. The molecular formula is C30H26Br2ClN3O4. The van der Waals surface area contributed by atoms with Crippen molar-refractivity contribution in [1.82, 2.24) is 9.66 Å². The van der Waals surface area contributed by atoms with Crippen LogP contribution in [0.2, 0.25) is 5.02 Å². The molecule has 0 fully saturated rings. The van der Waals surface area contributed by atoms with E-state index in [4.69, 9.17) is 30.5 Å². The number of nitrogens with zero attached hydrogens (tertiary/aromatic N) is 3. The van der Waals surface area contributed by atoms with Gasteiger partial charge in [0.15, 0.2) is 17.3 Å². The maximum absolute atomic E-state index is 13.6. The first-order chi connectivity index (χ1) is 19.1. The number of halogens is 3. The number of hydrogen-bond acceptors (Lipinski definition) is 6. The molecule has 206 valence electrons. The van der Waals surface area contributed by atoms with Crippen LogP contribution in [0.3, 0.4) is 0 Å². The molecule has 5 aromatic rings. The third-order valence-corrected chi connectivity index (χ3v) is 8.25. The second kappa shape index (κ2) is 11.4. The molecule has 0 N–H and O–H groups in total. The first-order valence-corrected chi connectivity index (χ1v) is 14.6. The second-order valence-corrected chi connectivity index (χ2v) is 12.3. The number of furan rings is 1. The highest BCUT2D eigenvalue weighted by Crippen LogP contribution is 2.43. The van der Waals surface area contributed by atoms with Gasteiger partial charge in [-0.15, -0.1) is 0 Å². The van der Waals surface area contributed by atoms with Crippen molar-refractivity contribution in [3.8, 4) is 23.1 Å². The minimum atomic E-state index is -0.333. The Kier molecular flexibility index (Phi) is 8.08. The molecule has 0 aliphatic carbocycles. The fourth-order valence-electron chi connectivity index (χ4n) is 4.02. The van der Waals surface area contributed by atoms with Crippen molar-refractivity contribution in [1.29, 1.82) is 0 Å². The van der Waals surface area contributed by atoms with E-state index in [2.05, 4.69) is 57.7 Å². The first kappa shape index (κ1) is 28.4. The van der Waals surface area contributed by atoms with Gasteiger partial charge in [-0.25, -0.2) is 4.98 Å². The molecule has 2 aromatic heterocycles. The highest BCUT2D eigenvalue weighted by molar-refractivity contribution is 9.13. The Bertz CT molecular complexity index is 1820. The highest BCUT2D eigenvalue weighted by atomic mass is 79.9. The van der Waals surface area contributed by atoms with Crippen molar-refractivity contribution in [2.24, 2.45) is 10.5 Å². The maximum Gasteiger partial charge on any atom is 0.282 e. The van der Waals surface area contributed by atoms with Crippen LogP contribution in [-0.4, -0.2) is 29.1 Å². The monoisotopic (exact) mass is 685 g/mol. The largest absolute Gasteiger partial charge is 0.490 e. The van der Waals surface area contributed by atoms with Gasteiger partial charge in [0.1, 0.15) is 5.58 Å². The molecule has 0 bridgehead atoms. The number of ether oxygens (including phenoxy) is 2. The normalized spacial score (nSPS) is 12.1. The van der Waals surface area contributed by atoms with Crippen molar-refractivity contribution in [3.05, 3.63) is 84.5 Å². The number of para-hydroxylation sites is 1. The maximum atomic E-state index is 13.6. The van der Waals surface area contributed by atoms with Crippen LogP contribution in [0.25, 0.3) is 33.5 Å². The molecule has 0 unspecified atom stereocenters. The Morgan fingerprint density at radius 2 is 1.85 bits per heavy atom. The van der Waals surface area contributed by atoms with Crippen molar-refractivity contribution in [2.45, 2.75) is 27.7 Å². The van der Waals surface area contributed by atoms with Gasteiger partial charge < -0.3 is 13.9 Å². The molecule has 0 aliphatic rings. The van der Waals surface area contributed by atoms with E-state index in [0.717, 1.165) is 5.39 Å². The molecule has 2 heterocycles. The smallest absolute Gasteiger partial charge is 0.282 e. The minimum absolute atomic E-state index is 0.0435. The van der Waals surface area contributed by atoms with Crippen molar-refractivity contribution < 1.29 is 13.9 Å². The standard InChI is InChI=1S/C30H26Br2ClN3O4/c1-5-38-23-14-18(25(31)26(32)27(23)39-16-30(2,3)4)15-34-36-28(35-21-9-7-6-8-20(21)29(36)37)24-13-17-12-19(33)10-11-22(17)40-24/h6-15H,5,16H2,1-4H3. The molecule has 5 rings (SSSR count). The molecule has 0 saturated heterocycles. The highest BCUT2D eigenvalue weighted by Gasteiger charge is 2.21. The molecule has 0 radical (unpaired) electrons. The molecule has 10 heteroatoms. The van der Waals surface area contributed by atoms with E-state index >= 15 is 0 Å². The molecule has 40 heavy (non-hydrogen) atoms. The van der Waals surface area contributed by atoms with Gasteiger partial charge in [0.05, 0.1) is 34.8 Å². The average molecular weight is 688 g/mol. The fraction of sp³-hybridized carbons (Fsp3) is 0.233. The number of fused-ring (bicyclic) bond motifs is 2. The molecule has 7 nitrogen and oxygen atoms in total. The number of rotatable bonds is 7. The summed E-state index contributed by atoms with van der Waals surface area (Å²) < 4.78 is 20.7. The lowest BCUT2D eigenvalue weighted by molar-refractivity contribution is 0.187. The zero-order valence-corrected chi connectivity index (χ0v) is 26.2. The van der Waals surface area contributed by atoms with Gasteiger partial charge in [-0.05, 0) is 86.7 Å². The number of aromatic nitrogens is 2. The van der Waals surface area contributed by atoms with Crippen LogP contribution in [-0.2, 0) is 0 Å². The lowest BCUT2D eigenvalue weighted by Crippen LogP contribution is -2.20. The molecule has 0 atom stereocenters. The topological polar surface area (TPSA) is 78.9 Å². The van der Waals surface area contributed by atoms with Gasteiger partial charge in [-0.1, -0.05) is 44.5 Å². The summed E-state index contributed by atoms with van der Waals surface area (Å²) in [5.74, 6) is 1.80. The zero-order valence-electron chi connectivity index (χ0n) is 22.3. The van der Waals surface area contributed by atoms with Crippen LogP contribution in [0, 0.1) is 5.41 Å². The van der Waals surface area contributed by atoms with E-state index in [1.807, 2.05) is 19.1 Å². The van der Waals surface area contributed by atoms with E-state index in [-0.39, 0.29) is 16.8 Å². The SMILES string of the molecule is CCOc1cc(C=Nn2c(-c3cc4cc(Cl)ccc4o3)nc3ccccc3c2=O)c(Br)c(Br)c1OCC(C)(C)C. The summed E-state index contributed by atoms with van der Waals surface area (Å²) in [5, 5.41) is 6.40. The van der Waals surface area contributed by atoms with Crippen molar-refractivity contribution >= 4 is 71.5 Å². The molecule has 0 aliphatic heterocycles. The van der Waals surface area contributed by atoms with Crippen LogP contribution < -0.4 is 15.0 Å². The molecular weight excluding hydrogens is 662 g/mol. The van der Waals surface area contributed by atoms with Gasteiger partial charge in [0.25, 0.3) is 5.56 Å². The Balaban J connectivity index is 1.65. The Morgan fingerprint density at radius 3 is 2.60 bits per heavy atom. The van der Waals surface area contributed by atoms with Gasteiger partial charge >= 0.3 is 0 Å². The zero-order chi connectivity index (χ0) is 28.6. The molecule has 0 spiro atoms. The molecule has 0 saturated carbocycles. The molecule has 0 amide bonds. The minimum Gasteiger partial charge on any atom is -0.490 e. The third-order valence-electron chi connectivity index (χ3n) is 5.87. The second-order valence-electron chi connectivity index (χ2n) is 10.3. The summed E-state index contributed by atoms with van der Waals surface area (Å²) in [6.45, 7) is 9.15. The predicted octanol–water partition coefficient (Wildman–Crippen LogP) is 8.69. The van der Waals surface area contributed by atoms with E-state index < -0.39 is 0 Å². The van der Waals surface area contributed by atoms with Crippen molar-refractivity contribution in [2.75, 3.05) is 13.2 Å². The summed E-state index contributed by atoms with van der Waals surface area (Å²) in [6.07, 6.45) is 1.58. The van der Waals surface area contributed by atoms with E-state index in [1.165, 1.54) is 4.68 Å². The summed E-state index contributed by atoms with van der Waals surface area (Å²) in [5.41, 5.74) is 1.45. The quantitative estimate of drug-likeness (QED) is 0.160. The van der Waals surface area contributed by atoms with E-state index in [1.54, 1.807) is 48.7 Å². The van der Waals surface area contributed by atoms with Gasteiger partial charge in [0.2, 0.25) is 5.82 Å². The van der Waals surface area contributed by atoms with Crippen LogP contribution >= 0.6 is 43.5 Å². The Morgan fingerprint density at radius 1 is 1.07 bits per heavy atom. The van der Waals surface area contributed by atoms with Crippen LogP contribution in [0.4, 0.5) is 0 Å². The number of hydrogen-bond donors (Lipinski definition) is 0. The summed E-state index contributed by atoms with van der Waals surface area (Å²) >= 11 is 13.5. The van der Waals surface area contributed by atoms with Crippen LogP contribution in [0.5, 0.6) is 11.5 Å². The van der Waals surface area contributed by atoms with Crippen molar-refractivity contribution in [3.63, 3.8) is 0 Å². The Hall–Kier alpha value is -3.14. The van der Waals surface area contributed by atoms with Gasteiger partial charge in [-0.2, -0.15) is 9.78 Å². The lowest BCUT2D eigenvalue weighted by atomic mass is 9.99. The summed E-state index contributed by atoms with van der Waals surface area (Å²) in [4.78, 5) is 18.4. The first-order valence-electron chi connectivity index (χ1n) is 12.6. The summed E-state index contributed by atoms with van der Waals surface area (Å²) in [6, 6.07) is 16.1. The van der Waals surface area contributed by atoms with E-state index in [9.17, 15) is 4.79 Å². The third kappa shape index (κ3) is 5.82. The lowest BCUT2D eigenvalue weighted by Gasteiger charge is -2.22. The fourth-order valence-corrected chi connectivity index (χ4v) is 5.14. The van der Waals surface area contributed by atoms with Crippen LogP contribution in [0.1, 0.15) is 33.3 Å². The van der Waals surface area contributed by atoms with Gasteiger partial charge in [0, 0.05) is 20.4 Å².